The second-order valence-corrected chi connectivity index (χ2v) is 9.61. The number of aromatic nitrogens is 3. The zero-order valence-electron chi connectivity index (χ0n) is 20.5. The van der Waals surface area contributed by atoms with Gasteiger partial charge in [-0.15, -0.1) is 10.2 Å². The van der Waals surface area contributed by atoms with E-state index in [1.807, 2.05) is 91.3 Å². The summed E-state index contributed by atoms with van der Waals surface area (Å²) in [6.07, 6.45) is 0.647. The second-order valence-electron chi connectivity index (χ2n) is 8.67. The number of aryl methyl sites for hydroxylation is 1. The number of benzene rings is 3. The molecule has 0 aliphatic carbocycles. The molecular weight excluding hydrogens is 470 g/mol. The van der Waals surface area contributed by atoms with Crippen LogP contribution >= 0.6 is 11.8 Å². The Labute approximate surface area is 214 Å². The zero-order valence-corrected chi connectivity index (χ0v) is 21.3. The van der Waals surface area contributed by atoms with Gasteiger partial charge in [0.15, 0.2) is 11.0 Å². The van der Waals surface area contributed by atoms with Gasteiger partial charge < -0.3 is 9.30 Å². The number of hydrogen-bond donors (Lipinski definition) is 0. The van der Waals surface area contributed by atoms with Crippen LogP contribution in [-0.4, -0.2) is 44.3 Å². The van der Waals surface area contributed by atoms with E-state index in [2.05, 4.69) is 16.3 Å². The molecule has 4 aromatic rings. The fraction of sp³-hybridized carbons (Fsp3) is 0.214. The van der Waals surface area contributed by atoms with Gasteiger partial charge >= 0.3 is 0 Å². The maximum Gasteiger partial charge on any atom is 0.253 e. The molecule has 36 heavy (non-hydrogen) atoms. The molecule has 0 bridgehead atoms. The predicted molar refractivity (Wildman–Crippen MR) is 142 cm³/mol. The van der Waals surface area contributed by atoms with Crippen LogP contribution < -0.4 is 4.74 Å². The minimum absolute atomic E-state index is 0.0770. The summed E-state index contributed by atoms with van der Waals surface area (Å²) in [4.78, 5) is 13.5. The van der Waals surface area contributed by atoms with Gasteiger partial charge in [0.05, 0.1) is 24.6 Å². The molecule has 1 unspecified atom stereocenters. The molecule has 0 radical (unpaired) electrons. The van der Waals surface area contributed by atoms with Crippen molar-refractivity contribution in [3.05, 3.63) is 95.6 Å². The van der Waals surface area contributed by atoms with Crippen LogP contribution in [0.25, 0.3) is 11.4 Å². The molecule has 5 rings (SSSR count). The van der Waals surface area contributed by atoms with Crippen LogP contribution in [0.3, 0.4) is 0 Å². The summed E-state index contributed by atoms with van der Waals surface area (Å²) >= 11 is 1.37. The molecule has 8 heteroatoms. The fourth-order valence-corrected chi connectivity index (χ4v) is 5.06. The molecule has 1 atom stereocenters. The smallest absolute Gasteiger partial charge is 0.253 e. The van der Waals surface area contributed by atoms with E-state index in [0.717, 1.165) is 39.5 Å². The molecule has 3 aromatic carbocycles. The van der Waals surface area contributed by atoms with Crippen LogP contribution in [0.15, 0.2) is 89.1 Å². The summed E-state index contributed by atoms with van der Waals surface area (Å²) in [6, 6.07) is 25.8. The standard InChI is InChI=1S/C28H27N5O2S/c1-19-8-7-11-22(16-19)27-29-30-28(32(27)2)36-18-26(34)33-25(21-12-14-23(35-3)15-13-21)17-24(31-33)20-9-5-4-6-10-20/h4-16,25H,17-18H2,1-3H3. The Kier molecular flexibility index (Phi) is 6.86. The number of nitrogens with zero attached hydrogens (tertiary/aromatic N) is 5. The van der Waals surface area contributed by atoms with Gasteiger partial charge in [-0.1, -0.05) is 78.0 Å². The first kappa shape index (κ1) is 23.8. The van der Waals surface area contributed by atoms with Crippen LogP contribution in [0, 0.1) is 6.92 Å². The molecule has 0 saturated carbocycles. The lowest BCUT2D eigenvalue weighted by molar-refractivity contribution is -0.130. The van der Waals surface area contributed by atoms with E-state index in [4.69, 9.17) is 9.84 Å². The summed E-state index contributed by atoms with van der Waals surface area (Å²) in [7, 11) is 3.57. The van der Waals surface area contributed by atoms with Gasteiger partial charge in [0, 0.05) is 19.0 Å². The number of thioether (sulfide) groups is 1. The summed E-state index contributed by atoms with van der Waals surface area (Å²) < 4.78 is 7.23. The molecule has 0 saturated heterocycles. The van der Waals surface area contributed by atoms with Crippen molar-refractivity contribution in [2.24, 2.45) is 12.1 Å². The highest BCUT2D eigenvalue weighted by Crippen LogP contribution is 2.34. The molecule has 7 nitrogen and oxygen atoms in total. The van der Waals surface area contributed by atoms with E-state index in [9.17, 15) is 4.79 Å². The maximum absolute atomic E-state index is 13.5. The van der Waals surface area contributed by atoms with Gasteiger partial charge in [-0.05, 0) is 36.2 Å². The third-order valence-corrected chi connectivity index (χ3v) is 7.21. The molecule has 0 fully saturated rings. The number of rotatable bonds is 7. The van der Waals surface area contributed by atoms with Gasteiger partial charge in [-0.25, -0.2) is 5.01 Å². The number of hydrogen-bond acceptors (Lipinski definition) is 6. The van der Waals surface area contributed by atoms with Gasteiger partial charge in [0.2, 0.25) is 0 Å². The van der Waals surface area contributed by atoms with Gasteiger partial charge in [-0.2, -0.15) is 5.10 Å². The monoisotopic (exact) mass is 497 g/mol. The fourth-order valence-electron chi connectivity index (χ4n) is 4.30. The van der Waals surface area contributed by atoms with E-state index in [0.29, 0.717) is 11.6 Å². The third-order valence-electron chi connectivity index (χ3n) is 6.21. The van der Waals surface area contributed by atoms with Crippen molar-refractivity contribution < 1.29 is 9.53 Å². The molecule has 1 aliphatic heterocycles. The highest BCUT2D eigenvalue weighted by Gasteiger charge is 2.33. The Morgan fingerprint density at radius 3 is 2.47 bits per heavy atom. The molecule has 2 heterocycles. The predicted octanol–water partition coefficient (Wildman–Crippen LogP) is 5.27. The molecule has 1 amide bonds. The Morgan fingerprint density at radius 1 is 1.00 bits per heavy atom. The number of carbonyl (C=O) groups excluding carboxylic acids is 1. The normalized spacial score (nSPS) is 15.1. The highest BCUT2D eigenvalue weighted by atomic mass is 32.2. The van der Waals surface area contributed by atoms with Crippen molar-refractivity contribution in [1.29, 1.82) is 0 Å². The Bertz CT molecular complexity index is 1400. The quantitative estimate of drug-likeness (QED) is 0.325. The third kappa shape index (κ3) is 4.90. The van der Waals surface area contributed by atoms with E-state index < -0.39 is 0 Å². The number of ether oxygens (including phenoxy) is 1. The average Bonchev–Trinajstić information content (AvgIpc) is 3.52. The molecule has 182 valence electrons. The van der Waals surface area contributed by atoms with Crippen molar-refractivity contribution in [3.63, 3.8) is 0 Å². The van der Waals surface area contributed by atoms with Crippen LogP contribution in [-0.2, 0) is 11.8 Å². The number of carbonyl (C=O) groups is 1. The first-order valence-electron chi connectivity index (χ1n) is 11.7. The van der Waals surface area contributed by atoms with Gasteiger partial charge in [-0.3, -0.25) is 4.79 Å². The Morgan fingerprint density at radius 2 is 1.75 bits per heavy atom. The number of hydrazone groups is 1. The van der Waals surface area contributed by atoms with Crippen molar-refractivity contribution in [2.45, 2.75) is 24.5 Å². The van der Waals surface area contributed by atoms with Gasteiger partial charge in [0.25, 0.3) is 5.91 Å². The van der Waals surface area contributed by atoms with Crippen LogP contribution in [0.2, 0.25) is 0 Å². The highest BCUT2D eigenvalue weighted by molar-refractivity contribution is 7.99. The lowest BCUT2D eigenvalue weighted by atomic mass is 9.98. The molecule has 0 spiro atoms. The second kappa shape index (κ2) is 10.4. The van der Waals surface area contributed by atoms with Crippen molar-refractivity contribution in [3.8, 4) is 17.1 Å². The number of amides is 1. The first-order chi connectivity index (χ1) is 17.5. The molecule has 1 aromatic heterocycles. The topological polar surface area (TPSA) is 72.6 Å². The summed E-state index contributed by atoms with van der Waals surface area (Å²) in [5, 5.41) is 15.8. The molecule has 1 aliphatic rings. The minimum atomic E-state index is -0.179. The first-order valence-corrected chi connectivity index (χ1v) is 12.7. The zero-order chi connectivity index (χ0) is 25.1. The van der Waals surface area contributed by atoms with Crippen LogP contribution in [0.1, 0.15) is 29.2 Å². The average molecular weight is 498 g/mol. The summed E-state index contributed by atoms with van der Waals surface area (Å²) in [5.41, 5.74) is 5.10. The van der Waals surface area contributed by atoms with Crippen LogP contribution in [0.5, 0.6) is 5.75 Å². The Balaban J connectivity index is 1.36. The van der Waals surface area contributed by atoms with Crippen molar-refractivity contribution in [1.82, 2.24) is 19.8 Å². The lowest BCUT2D eigenvalue weighted by Gasteiger charge is -2.22. The van der Waals surface area contributed by atoms with Crippen molar-refractivity contribution in [2.75, 3.05) is 12.9 Å². The minimum Gasteiger partial charge on any atom is -0.497 e. The Hall–Kier alpha value is -3.91. The SMILES string of the molecule is COc1ccc(C2CC(c3ccccc3)=NN2C(=O)CSc2nnc(-c3cccc(C)c3)n2C)cc1. The lowest BCUT2D eigenvalue weighted by Crippen LogP contribution is -2.28. The number of methoxy groups -OCH3 is 1. The van der Waals surface area contributed by atoms with Gasteiger partial charge in [0.1, 0.15) is 5.75 Å². The summed E-state index contributed by atoms with van der Waals surface area (Å²) in [6.45, 7) is 2.05. The molecular formula is C28H27N5O2S. The molecule has 0 N–H and O–H groups in total. The van der Waals surface area contributed by atoms with E-state index >= 15 is 0 Å². The van der Waals surface area contributed by atoms with E-state index in [-0.39, 0.29) is 17.7 Å². The summed E-state index contributed by atoms with van der Waals surface area (Å²) in [5.74, 6) is 1.68. The van der Waals surface area contributed by atoms with Crippen molar-refractivity contribution >= 4 is 23.4 Å². The largest absolute Gasteiger partial charge is 0.497 e. The van der Waals surface area contributed by atoms with Crippen LogP contribution in [0.4, 0.5) is 0 Å². The van der Waals surface area contributed by atoms with E-state index in [1.54, 1.807) is 12.1 Å². The van der Waals surface area contributed by atoms with E-state index in [1.165, 1.54) is 11.8 Å². The maximum atomic E-state index is 13.5.